The first-order chi connectivity index (χ1) is 14.6. The Bertz CT molecular complexity index is 972. The van der Waals surface area contributed by atoms with E-state index in [-0.39, 0.29) is 5.91 Å². The molecular weight excluding hydrogens is 378 g/mol. The summed E-state index contributed by atoms with van der Waals surface area (Å²) in [4.78, 5) is 17.5. The number of ether oxygens (including phenoxy) is 1. The van der Waals surface area contributed by atoms with Crippen LogP contribution in [0.15, 0.2) is 59.1 Å². The van der Waals surface area contributed by atoms with E-state index in [1.54, 1.807) is 0 Å². The molecule has 0 N–H and O–H groups in total. The summed E-state index contributed by atoms with van der Waals surface area (Å²) in [6.45, 7) is 8.15. The fourth-order valence-corrected chi connectivity index (χ4v) is 3.75. The number of aryl methyl sites for hydroxylation is 2. The van der Waals surface area contributed by atoms with Crippen LogP contribution < -0.4 is 4.74 Å². The van der Waals surface area contributed by atoms with E-state index in [1.165, 1.54) is 5.56 Å². The molecule has 1 amide bonds. The standard InChI is InChI=1S/C24H27N3O3/c1-18-22(19(2)30-25-18)17-29-23-11-7-6-10-21(23)24(28)27-14-12-26(13-15-27)16-20-8-4-3-5-9-20/h3-11H,12-17H2,1-2H3. The van der Waals surface area contributed by atoms with Gasteiger partial charge in [0.25, 0.3) is 5.91 Å². The Morgan fingerprint density at radius 1 is 1.00 bits per heavy atom. The van der Waals surface area contributed by atoms with Gasteiger partial charge in [-0.05, 0) is 31.5 Å². The van der Waals surface area contributed by atoms with E-state index in [9.17, 15) is 4.79 Å². The zero-order chi connectivity index (χ0) is 20.9. The van der Waals surface area contributed by atoms with Crippen LogP contribution in [0.1, 0.15) is 32.9 Å². The average molecular weight is 405 g/mol. The predicted octanol–water partition coefficient (Wildman–Crippen LogP) is 3.83. The second kappa shape index (κ2) is 9.13. The van der Waals surface area contributed by atoms with Crippen LogP contribution >= 0.6 is 0 Å². The van der Waals surface area contributed by atoms with Gasteiger partial charge in [-0.2, -0.15) is 0 Å². The number of piperazine rings is 1. The predicted molar refractivity (Wildman–Crippen MR) is 114 cm³/mol. The lowest BCUT2D eigenvalue weighted by atomic mass is 10.1. The summed E-state index contributed by atoms with van der Waals surface area (Å²) < 4.78 is 11.2. The number of nitrogens with zero attached hydrogens (tertiary/aromatic N) is 3. The number of amides is 1. The zero-order valence-electron chi connectivity index (χ0n) is 17.5. The van der Waals surface area contributed by atoms with Gasteiger partial charge in [-0.15, -0.1) is 0 Å². The van der Waals surface area contributed by atoms with Gasteiger partial charge in [0.1, 0.15) is 18.1 Å². The number of hydrogen-bond acceptors (Lipinski definition) is 5. The normalized spacial score (nSPS) is 14.7. The van der Waals surface area contributed by atoms with Crippen LogP contribution in [0.4, 0.5) is 0 Å². The second-order valence-electron chi connectivity index (χ2n) is 7.64. The van der Waals surface area contributed by atoms with Crippen molar-refractivity contribution in [2.24, 2.45) is 0 Å². The van der Waals surface area contributed by atoms with Crippen LogP contribution in [-0.4, -0.2) is 47.0 Å². The first kappa shape index (κ1) is 20.2. The van der Waals surface area contributed by atoms with Gasteiger partial charge in [-0.1, -0.05) is 47.6 Å². The Hall–Kier alpha value is -3.12. The molecule has 2 heterocycles. The Labute approximate surface area is 177 Å². The van der Waals surface area contributed by atoms with Crippen LogP contribution in [0.2, 0.25) is 0 Å². The number of para-hydroxylation sites is 1. The minimum absolute atomic E-state index is 0.0173. The summed E-state index contributed by atoms with van der Waals surface area (Å²) in [5.74, 6) is 1.35. The molecule has 30 heavy (non-hydrogen) atoms. The van der Waals surface area contributed by atoms with E-state index in [0.717, 1.165) is 36.7 Å². The minimum atomic E-state index is 0.0173. The minimum Gasteiger partial charge on any atom is -0.488 e. The summed E-state index contributed by atoms with van der Waals surface area (Å²) in [5.41, 5.74) is 3.63. The summed E-state index contributed by atoms with van der Waals surface area (Å²) in [6.07, 6.45) is 0. The first-order valence-corrected chi connectivity index (χ1v) is 10.3. The van der Waals surface area contributed by atoms with Crippen molar-refractivity contribution >= 4 is 5.91 Å². The van der Waals surface area contributed by atoms with E-state index in [2.05, 4.69) is 34.3 Å². The summed E-state index contributed by atoms with van der Waals surface area (Å²) in [5, 5.41) is 3.96. The van der Waals surface area contributed by atoms with Crippen molar-refractivity contribution in [1.29, 1.82) is 0 Å². The summed E-state index contributed by atoms with van der Waals surface area (Å²) in [6, 6.07) is 17.9. The van der Waals surface area contributed by atoms with Crippen LogP contribution in [0.25, 0.3) is 0 Å². The lowest BCUT2D eigenvalue weighted by Crippen LogP contribution is -2.48. The molecule has 6 heteroatoms. The Kier molecular flexibility index (Phi) is 6.14. The topological polar surface area (TPSA) is 58.8 Å². The molecule has 1 aromatic heterocycles. The number of aromatic nitrogens is 1. The van der Waals surface area contributed by atoms with Crippen molar-refractivity contribution in [1.82, 2.24) is 15.0 Å². The molecule has 1 aliphatic rings. The van der Waals surface area contributed by atoms with Gasteiger partial charge >= 0.3 is 0 Å². The molecule has 0 spiro atoms. The molecule has 2 aromatic carbocycles. The van der Waals surface area contributed by atoms with Crippen LogP contribution in [0.3, 0.4) is 0 Å². The van der Waals surface area contributed by atoms with Crippen LogP contribution in [0, 0.1) is 13.8 Å². The van der Waals surface area contributed by atoms with E-state index in [1.807, 2.05) is 49.1 Å². The van der Waals surface area contributed by atoms with E-state index in [4.69, 9.17) is 9.26 Å². The molecule has 3 aromatic rings. The molecule has 0 aliphatic carbocycles. The Morgan fingerprint density at radius 3 is 2.40 bits per heavy atom. The van der Waals surface area contributed by atoms with Crippen molar-refractivity contribution in [3.8, 4) is 5.75 Å². The maximum atomic E-state index is 13.2. The molecule has 1 fully saturated rings. The molecule has 0 saturated carbocycles. The number of rotatable bonds is 6. The average Bonchev–Trinajstić information content (AvgIpc) is 3.10. The van der Waals surface area contributed by atoms with Gasteiger partial charge in [0.2, 0.25) is 0 Å². The molecule has 156 valence electrons. The number of carbonyl (C=O) groups excluding carboxylic acids is 1. The van der Waals surface area contributed by atoms with Crippen molar-refractivity contribution in [2.45, 2.75) is 27.0 Å². The lowest BCUT2D eigenvalue weighted by molar-refractivity contribution is 0.0624. The van der Waals surface area contributed by atoms with Crippen molar-refractivity contribution in [3.05, 3.63) is 82.7 Å². The maximum Gasteiger partial charge on any atom is 0.257 e. The first-order valence-electron chi connectivity index (χ1n) is 10.3. The molecule has 0 unspecified atom stereocenters. The highest BCUT2D eigenvalue weighted by Gasteiger charge is 2.24. The Balaban J connectivity index is 1.38. The number of hydrogen-bond donors (Lipinski definition) is 0. The zero-order valence-corrected chi connectivity index (χ0v) is 17.5. The lowest BCUT2D eigenvalue weighted by Gasteiger charge is -2.35. The SMILES string of the molecule is Cc1noc(C)c1COc1ccccc1C(=O)N1CCN(Cc2ccccc2)CC1. The molecule has 4 rings (SSSR count). The third-order valence-electron chi connectivity index (χ3n) is 5.58. The monoisotopic (exact) mass is 405 g/mol. The molecule has 6 nitrogen and oxygen atoms in total. The van der Waals surface area contributed by atoms with E-state index < -0.39 is 0 Å². The Morgan fingerprint density at radius 2 is 1.70 bits per heavy atom. The van der Waals surface area contributed by atoms with Crippen LogP contribution in [-0.2, 0) is 13.2 Å². The smallest absolute Gasteiger partial charge is 0.257 e. The molecule has 1 saturated heterocycles. The van der Waals surface area contributed by atoms with Gasteiger partial charge in [0.05, 0.1) is 16.8 Å². The van der Waals surface area contributed by atoms with Gasteiger partial charge in [-0.3, -0.25) is 9.69 Å². The quantitative estimate of drug-likeness (QED) is 0.624. The number of carbonyl (C=O) groups is 1. The molecule has 0 radical (unpaired) electrons. The maximum absolute atomic E-state index is 13.2. The van der Waals surface area contributed by atoms with Crippen molar-refractivity contribution in [2.75, 3.05) is 26.2 Å². The summed E-state index contributed by atoms with van der Waals surface area (Å²) >= 11 is 0. The fraction of sp³-hybridized carbons (Fsp3) is 0.333. The third-order valence-corrected chi connectivity index (χ3v) is 5.58. The highest BCUT2D eigenvalue weighted by atomic mass is 16.5. The van der Waals surface area contributed by atoms with E-state index >= 15 is 0 Å². The molecule has 1 aliphatic heterocycles. The number of benzene rings is 2. The van der Waals surface area contributed by atoms with Crippen molar-refractivity contribution < 1.29 is 14.1 Å². The highest BCUT2D eigenvalue weighted by molar-refractivity contribution is 5.97. The molecule has 0 atom stereocenters. The van der Waals surface area contributed by atoms with Crippen molar-refractivity contribution in [3.63, 3.8) is 0 Å². The van der Waals surface area contributed by atoms with Gasteiger partial charge in [0.15, 0.2) is 0 Å². The second-order valence-corrected chi connectivity index (χ2v) is 7.64. The fourth-order valence-electron chi connectivity index (χ4n) is 3.75. The third kappa shape index (κ3) is 4.54. The van der Waals surface area contributed by atoms with E-state index in [0.29, 0.717) is 31.0 Å². The largest absolute Gasteiger partial charge is 0.488 e. The molecular formula is C24H27N3O3. The van der Waals surface area contributed by atoms with Gasteiger partial charge in [0, 0.05) is 32.7 Å². The van der Waals surface area contributed by atoms with Gasteiger partial charge < -0.3 is 14.2 Å². The van der Waals surface area contributed by atoms with Gasteiger partial charge in [-0.25, -0.2) is 0 Å². The highest BCUT2D eigenvalue weighted by Crippen LogP contribution is 2.23. The van der Waals surface area contributed by atoms with Crippen LogP contribution in [0.5, 0.6) is 5.75 Å². The summed E-state index contributed by atoms with van der Waals surface area (Å²) in [7, 11) is 0. The molecule has 0 bridgehead atoms.